The molecule has 170 valence electrons. The number of rotatable bonds is 3. The molecule has 2 bridgehead atoms. The van der Waals surface area contributed by atoms with E-state index in [1.165, 1.54) is 0 Å². The summed E-state index contributed by atoms with van der Waals surface area (Å²) in [5.74, 6) is 3.45. The number of aromatic nitrogens is 4. The smallest absolute Gasteiger partial charge is 0.230 e. The van der Waals surface area contributed by atoms with Gasteiger partial charge >= 0.3 is 0 Å². The number of para-hydroxylation sites is 1. The van der Waals surface area contributed by atoms with Gasteiger partial charge in [-0.05, 0) is 31.2 Å². The lowest BCUT2D eigenvalue weighted by molar-refractivity contribution is 0.301. The van der Waals surface area contributed by atoms with E-state index in [0.29, 0.717) is 18.4 Å². The van der Waals surface area contributed by atoms with Gasteiger partial charge in [-0.2, -0.15) is 19.6 Å². The summed E-state index contributed by atoms with van der Waals surface area (Å²) in [7, 11) is 0. The number of benzene rings is 1. The SMILES string of the molecule is CC(C)c1cnn2c3nc(nc12)N(CC1CNC1)CCCCCOc1ccccc1CN3. The van der Waals surface area contributed by atoms with Crippen LogP contribution in [0.3, 0.4) is 0 Å². The highest BCUT2D eigenvalue weighted by Gasteiger charge is 2.24. The molecule has 1 saturated heterocycles. The average molecular weight is 436 g/mol. The molecule has 2 aliphatic rings. The van der Waals surface area contributed by atoms with E-state index < -0.39 is 0 Å². The number of fused-ring (bicyclic) bond motifs is 5. The summed E-state index contributed by atoms with van der Waals surface area (Å²) in [6, 6.07) is 8.22. The summed E-state index contributed by atoms with van der Waals surface area (Å²) in [5.41, 5.74) is 3.15. The maximum absolute atomic E-state index is 6.11. The molecule has 8 nitrogen and oxygen atoms in total. The Bertz CT molecular complexity index is 1060. The molecular weight excluding hydrogens is 402 g/mol. The maximum atomic E-state index is 6.11. The highest BCUT2D eigenvalue weighted by atomic mass is 16.5. The van der Waals surface area contributed by atoms with Crippen molar-refractivity contribution in [1.82, 2.24) is 24.9 Å². The van der Waals surface area contributed by atoms with Crippen molar-refractivity contribution in [3.63, 3.8) is 0 Å². The first-order chi connectivity index (χ1) is 15.7. The number of anilines is 2. The van der Waals surface area contributed by atoms with Crippen LogP contribution >= 0.6 is 0 Å². The molecule has 0 saturated carbocycles. The van der Waals surface area contributed by atoms with Gasteiger partial charge in [0.25, 0.3) is 0 Å². The van der Waals surface area contributed by atoms with Gasteiger partial charge < -0.3 is 20.3 Å². The lowest BCUT2D eigenvalue weighted by Gasteiger charge is -2.33. The zero-order valence-electron chi connectivity index (χ0n) is 19.0. The van der Waals surface area contributed by atoms with Crippen molar-refractivity contribution >= 4 is 17.5 Å². The van der Waals surface area contributed by atoms with Crippen LogP contribution in [0.1, 0.15) is 50.2 Å². The standard InChI is InChI=1S/C24H33N7O/c1-17(2)20-15-27-31-22(20)28-24-29-23(31)26-14-19-8-4-5-9-21(19)32-11-7-3-6-10-30(24)16-18-12-25-13-18/h4-5,8-9,15,17-18,25H,3,6-7,10-14,16H2,1-2H3,(H,26,28,29). The first-order valence-corrected chi connectivity index (χ1v) is 11.8. The Kier molecular flexibility index (Phi) is 6.12. The van der Waals surface area contributed by atoms with Gasteiger partial charge in [-0.15, -0.1) is 0 Å². The normalized spacial score (nSPS) is 17.9. The summed E-state index contributed by atoms with van der Waals surface area (Å²) in [5, 5.41) is 11.5. The molecule has 0 amide bonds. The Labute approximate surface area is 189 Å². The van der Waals surface area contributed by atoms with E-state index in [-0.39, 0.29) is 0 Å². The number of nitrogens with zero attached hydrogens (tertiary/aromatic N) is 5. The fourth-order valence-electron chi connectivity index (χ4n) is 4.34. The fraction of sp³-hybridized carbons (Fsp3) is 0.542. The second-order valence-electron chi connectivity index (χ2n) is 9.18. The highest BCUT2D eigenvalue weighted by molar-refractivity contribution is 5.56. The molecule has 0 aliphatic carbocycles. The van der Waals surface area contributed by atoms with Gasteiger partial charge in [-0.1, -0.05) is 32.0 Å². The molecule has 0 unspecified atom stereocenters. The molecule has 3 aromatic rings. The number of ether oxygens (including phenoxy) is 1. The predicted molar refractivity (Wildman–Crippen MR) is 127 cm³/mol. The molecule has 32 heavy (non-hydrogen) atoms. The minimum Gasteiger partial charge on any atom is -0.493 e. The van der Waals surface area contributed by atoms with Gasteiger partial charge in [0.15, 0.2) is 5.65 Å². The molecule has 5 rings (SSSR count). The zero-order chi connectivity index (χ0) is 21.9. The van der Waals surface area contributed by atoms with Crippen LogP contribution in [0.4, 0.5) is 11.9 Å². The summed E-state index contributed by atoms with van der Waals surface area (Å²) < 4.78 is 7.96. The van der Waals surface area contributed by atoms with Crippen molar-refractivity contribution in [2.24, 2.45) is 5.92 Å². The van der Waals surface area contributed by atoms with E-state index in [0.717, 1.165) is 86.5 Å². The number of hydrogen-bond donors (Lipinski definition) is 2. The van der Waals surface area contributed by atoms with Gasteiger partial charge in [0.05, 0.1) is 12.8 Å². The van der Waals surface area contributed by atoms with Crippen LogP contribution in [0.5, 0.6) is 5.75 Å². The van der Waals surface area contributed by atoms with Crippen molar-refractivity contribution in [3.8, 4) is 5.75 Å². The Balaban J connectivity index is 1.55. The van der Waals surface area contributed by atoms with E-state index in [9.17, 15) is 0 Å². The molecule has 1 fully saturated rings. The Morgan fingerprint density at radius 3 is 2.81 bits per heavy atom. The average Bonchev–Trinajstić information content (AvgIpc) is 3.20. The van der Waals surface area contributed by atoms with Gasteiger partial charge in [0.2, 0.25) is 11.9 Å². The second-order valence-corrected chi connectivity index (χ2v) is 9.18. The highest BCUT2D eigenvalue weighted by Crippen LogP contribution is 2.26. The van der Waals surface area contributed by atoms with Crippen LogP contribution in [0.2, 0.25) is 0 Å². The molecule has 2 N–H and O–H groups in total. The van der Waals surface area contributed by atoms with E-state index >= 15 is 0 Å². The summed E-state index contributed by atoms with van der Waals surface area (Å²) in [4.78, 5) is 12.4. The van der Waals surface area contributed by atoms with Crippen LogP contribution < -0.4 is 20.3 Å². The molecule has 0 spiro atoms. The van der Waals surface area contributed by atoms with Crippen molar-refractivity contribution < 1.29 is 4.74 Å². The van der Waals surface area contributed by atoms with E-state index in [1.54, 1.807) is 0 Å². The maximum Gasteiger partial charge on any atom is 0.230 e. The third-order valence-electron chi connectivity index (χ3n) is 6.37. The number of nitrogens with one attached hydrogen (secondary N) is 2. The monoisotopic (exact) mass is 435 g/mol. The van der Waals surface area contributed by atoms with Gasteiger partial charge in [-0.3, -0.25) is 0 Å². The van der Waals surface area contributed by atoms with Crippen LogP contribution in [-0.4, -0.2) is 52.4 Å². The quantitative estimate of drug-likeness (QED) is 0.652. The van der Waals surface area contributed by atoms with Crippen LogP contribution in [0, 0.1) is 5.92 Å². The summed E-state index contributed by atoms with van der Waals surface area (Å²) in [6.07, 6.45) is 5.19. The lowest BCUT2D eigenvalue weighted by atomic mass is 10.0. The third-order valence-corrected chi connectivity index (χ3v) is 6.37. The van der Waals surface area contributed by atoms with Gasteiger partial charge in [0.1, 0.15) is 5.75 Å². The molecule has 2 aliphatic heterocycles. The molecule has 0 atom stereocenters. The molecule has 2 aromatic heterocycles. The Hall–Kier alpha value is -2.87. The Morgan fingerprint density at radius 1 is 1.12 bits per heavy atom. The van der Waals surface area contributed by atoms with Gasteiger partial charge in [-0.25, -0.2) is 0 Å². The minimum atomic E-state index is 0.340. The first-order valence-electron chi connectivity index (χ1n) is 11.8. The molecule has 0 radical (unpaired) electrons. The Morgan fingerprint density at radius 2 is 2.00 bits per heavy atom. The fourth-order valence-corrected chi connectivity index (χ4v) is 4.34. The minimum absolute atomic E-state index is 0.340. The second kappa shape index (κ2) is 9.32. The molecular formula is C24H33N7O. The first kappa shape index (κ1) is 21.0. The summed E-state index contributed by atoms with van der Waals surface area (Å²) in [6.45, 7) is 9.79. The van der Waals surface area contributed by atoms with E-state index in [2.05, 4.69) is 40.5 Å². The predicted octanol–water partition coefficient (Wildman–Crippen LogP) is 3.45. The van der Waals surface area contributed by atoms with Crippen LogP contribution in [0.25, 0.3) is 5.65 Å². The van der Waals surface area contributed by atoms with Crippen molar-refractivity contribution in [2.75, 3.05) is 43.0 Å². The lowest BCUT2D eigenvalue weighted by Crippen LogP contribution is -2.49. The van der Waals surface area contributed by atoms with Crippen molar-refractivity contribution in [1.29, 1.82) is 0 Å². The molecule has 8 heteroatoms. The van der Waals surface area contributed by atoms with E-state index in [4.69, 9.17) is 14.7 Å². The van der Waals surface area contributed by atoms with Crippen molar-refractivity contribution in [2.45, 2.75) is 45.6 Å². The largest absolute Gasteiger partial charge is 0.493 e. The van der Waals surface area contributed by atoms with Gasteiger partial charge in [0, 0.05) is 49.8 Å². The molecule has 1 aromatic carbocycles. The van der Waals surface area contributed by atoms with E-state index in [1.807, 2.05) is 28.9 Å². The van der Waals surface area contributed by atoms with Crippen LogP contribution in [-0.2, 0) is 6.54 Å². The van der Waals surface area contributed by atoms with Crippen molar-refractivity contribution in [3.05, 3.63) is 41.6 Å². The molecule has 4 heterocycles. The number of hydrogen-bond acceptors (Lipinski definition) is 7. The summed E-state index contributed by atoms with van der Waals surface area (Å²) >= 11 is 0. The topological polar surface area (TPSA) is 79.6 Å². The van der Waals surface area contributed by atoms with Crippen LogP contribution in [0.15, 0.2) is 30.5 Å². The zero-order valence-corrected chi connectivity index (χ0v) is 19.0. The third kappa shape index (κ3) is 4.37.